The van der Waals surface area contributed by atoms with E-state index in [9.17, 15) is 4.39 Å². The van der Waals surface area contributed by atoms with Crippen LogP contribution in [0.15, 0.2) is 24.3 Å². The van der Waals surface area contributed by atoms with E-state index < -0.39 is 0 Å². The monoisotopic (exact) mass is 246 g/mol. The number of rotatable bonds is 7. The van der Waals surface area contributed by atoms with Crippen LogP contribution < -0.4 is 0 Å². The van der Waals surface area contributed by atoms with E-state index in [1.807, 2.05) is 6.07 Å². The molecule has 18 heavy (non-hydrogen) atoms. The standard InChI is InChI=1S/C17H23F/c1-2-3-4-5-6-7-8-9-10-13-16-14-11-12-15-17(16)18/h11-12,14-15H,2-9H2,1H3. The van der Waals surface area contributed by atoms with E-state index in [1.165, 1.54) is 44.6 Å². The summed E-state index contributed by atoms with van der Waals surface area (Å²) in [5, 5.41) is 0. The SMILES string of the molecule is CCCCCCCCCC#Cc1ccccc1F. The zero-order valence-electron chi connectivity index (χ0n) is 11.3. The van der Waals surface area contributed by atoms with E-state index in [-0.39, 0.29) is 5.82 Å². The van der Waals surface area contributed by atoms with Crippen LogP contribution in [-0.4, -0.2) is 0 Å². The zero-order valence-corrected chi connectivity index (χ0v) is 11.3. The molecular weight excluding hydrogens is 223 g/mol. The van der Waals surface area contributed by atoms with Crippen LogP contribution in [0.4, 0.5) is 4.39 Å². The molecule has 0 radical (unpaired) electrons. The molecule has 0 aromatic heterocycles. The molecule has 0 spiro atoms. The third-order valence-electron chi connectivity index (χ3n) is 3.00. The predicted molar refractivity (Wildman–Crippen MR) is 75.9 cm³/mol. The number of benzene rings is 1. The van der Waals surface area contributed by atoms with Crippen LogP contribution in [-0.2, 0) is 0 Å². The van der Waals surface area contributed by atoms with Crippen molar-refractivity contribution in [2.45, 2.75) is 58.3 Å². The molecular formula is C17H23F. The van der Waals surface area contributed by atoms with Crippen LogP contribution in [0, 0.1) is 17.7 Å². The fourth-order valence-corrected chi connectivity index (χ4v) is 1.89. The van der Waals surface area contributed by atoms with Gasteiger partial charge in [0, 0.05) is 6.42 Å². The Labute approximate surface area is 111 Å². The van der Waals surface area contributed by atoms with Crippen LogP contribution in [0.5, 0.6) is 0 Å². The third kappa shape index (κ3) is 6.45. The number of unbranched alkanes of at least 4 members (excludes halogenated alkanes) is 7. The van der Waals surface area contributed by atoms with Gasteiger partial charge in [-0.05, 0) is 18.6 Å². The van der Waals surface area contributed by atoms with Crippen molar-refractivity contribution in [2.24, 2.45) is 0 Å². The second-order valence-electron chi connectivity index (χ2n) is 4.65. The average Bonchev–Trinajstić information content (AvgIpc) is 2.39. The first-order chi connectivity index (χ1) is 8.84. The van der Waals surface area contributed by atoms with E-state index in [0.717, 1.165) is 12.8 Å². The third-order valence-corrected chi connectivity index (χ3v) is 3.00. The largest absolute Gasteiger partial charge is 0.206 e. The number of hydrogen-bond donors (Lipinski definition) is 0. The first kappa shape index (κ1) is 14.8. The Hall–Kier alpha value is -1.29. The first-order valence-corrected chi connectivity index (χ1v) is 7.08. The summed E-state index contributed by atoms with van der Waals surface area (Å²) in [4.78, 5) is 0. The maximum absolute atomic E-state index is 13.2. The molecule has 0 N–H and O–H groups in total. The molecule has 0 nitrogen and oxygen atoms in total. The van der Waals surface area contributed by atoms with Gasteiger partial charge in [-0.3, -0.25) is 0 Å². The van der Waals surface area contributed by atoms with Crippen LogP contribution in [0.2, 0.25) is 0 Å². The Morgan fingerprint density at radius 1 is 0.944 bits per heavy atom. The lowest BCUT2D eigenvalue weighted by Crippen LogP contribution is -1.82. The highest BCUT2D eigenvalue weighted by molar-refractivity contribution is 5.34. The fraction of sp³-hybridized carbons (Fsp3) is 0.529. The van der Waals surface area contributed by atoms with Crippen molar-refractivity contribution in [3.8, 4) is 11.8 Å². The molecule has 0 aliphatic carbocycles. The lowest BCUT2D eigenvalue weighted by atomic mass is 10.1. The Balaban J connectivity index is 2.10. The van der Waals surface area contributed by atoms with Gasteiger partial charge in [0.15, 0.2) is 0 Å². The smallest absolute Gasteiger partial charge is 0.138 e. The Bertz CT molecular complexity index is 384. The molecule has 0 atom stereocenters. The van der Waals surface area contributed by atoms with Gasteiger partial charge in [-0.15, -0.1) is 0 Å². The summed E-state index contributed by atoms with van der Waals surface area (Å²) < 4.78 is 13.2. The Kier molecular flexibility index (Phi) is 7.97. The molecule has 1 aromatic carbocycles. The fourth-order valence-electron chi connectivity index (χ4n) is 1.89. The van der Waals surface area contributed by atoms with Crippen molar-refractivity contribution in [3.63, 3.8) is 0 Å². The summed E-state index contributed by atoms with van der Waals surface area (Å²) in [5.41, 5.74) is 0.514. The maximum atomic E-state index is 13.2. The van der Waals surface area contributed by atoms with Gasteiger partial charge in [-0.1, -0.05) is 69.4 Å². The van der Waals surface area contributed by atoms with E-state index >= 15 is 0 Å². The molecule has 0 unspecified atom stereocenters. The van der Waals surface area contributed by atoms with Crippen molar-refractivity contribution in [1.29, 1.82) is 0 Å². The first-order valence-electron chi connectivity index (χ1n) is 7.08. The lowest BCUT2D eigenvalue weighted by molar-refractivity contribution is 0.594. The summed E-state index contributed by atoms with van der Waals surface area (Å²) >= 11 is 0. The summed E-state index contributed by atoms with van der Waals surface area (Å²) in [6.45, 7) is 2.23. The molecule has 0 saturated heterocycles. The molecule has 0 fully saturated rings. The van der Waals surface area contributed by atoms with Gasteiger partial charge in [0.1, 0.15) is 5.82 Å². The molecule has 1 heteroatoms. The molecule has 0 aliphatic rings. The van der Waals surface area contributed by atoms with Gasteiger partial charge in [-0.2, -0.15) is 0 Å². The Morgan fingerprint density at radius 2 is 1.61 bits per heavy atom. The molecule has 0 heterocycles. The van der Waals surface area contributed by atoms with Crippen molar-refractivity contribution in [3.05, 3.63) is 35.6 Å². The van der Waals surface area contributed by atoms with Crippen LogP contribution in [0.1, 0.15) is 63.9 Å². The van der Waals surface area contributed by atoms with Gasteiger partial charge in [0.05, 0.1) is 5.56 Å². The van der Waals surface area contributed by atoms with Crippen molar-refractivity contribution >= 4 is 0 Å². The minimum Gasteiger partial charge on any atom is -0.206 e. The van der Waals surface area contributed by atoms with Crippen LogP contribution in [0.3, 0.4) is 0 Å². The number of hydrogen-bond acceptors (Lipinski definition) is 0. The maximum Gasteiger partial charge on any atom is 0.138 e. The minimum absolute atomic E-state index is 0.218. The van der Waals surface area contributed by atoms with Gasteiger partial charge >= 0.3 is 0 Å². The zero-order chi connectivity index (χ0) is 13.1. The van der Waals surface area contributed by atoms with E-state index in [0.29, 0.717) is 5.56 Å². The molecule has 0 aliphatic heterocycles. The predicted octanol–water partition coefficient (Wildman–Crippen LogP) is 5.32. The molecule has 0 amide bonds. The lowest BCUT2D eigenvalue weighted by Gasteiger charge is -1.98. The highest BCUT2D eigenvalue weighted by Gasteiger charge is 1.94. The molecule has 1 rings (SSSR count). The topological polar surface area (TPSA) is 0 Å². The van der Waals surface area contributed by atoms with Crippen molar-refractivity contribution < 1.29 is 4.39 Å². The normalized spacial score (nSPS) is 9.89. The van der Waals surface area contributed by atoms with Gasteiger partial charge in [0.25, 0.3) is 0 Å². The minimum atomic E-state index is -0.218. The summed E-state index contributed by atoms with van der Waals surface area (Å²) in [6.07, 6.45) is 9.92. The molecule has 0 bridgehead atoms. The van der Waals surface area contributed by atoms with Crippen LogP contribution >= 0.6 is 0 Å². The van der Waals surface area contributed by atoms with E-state index in [4.69, 9.17) is 0 Å². The van der Waals surface area contributed by atoms with E-state index in [1.54, 1.807) is 12.1 Å². The van der Waals surface area contributed by atoms with Crippen LogP contribution in [0.25, 0.3) is 0 Å². The van der Waals surface area contributed by atoms with E-state index in [2.05, 4.69) is 18.8 Å². The molecule has 0 saturated carbocycles. The highest BCUT2D eigenvalue weighted by atomic mass is 19.1. The van der Waals surface area contributed by atoms with Crippen molar-refractivity contribution in [1.82, 2.24) is 0 Å². The summed E-state index contributed by atoms with van der Waals surface area (Å²) in [6, 6.07) is 6.70. The highest BCUT2D eigenvalue weighted by Crippen LogP contribution is 2.08. The van der Waals surface area contributed by atoms with Gasteiger partial charge < -0.3 is 0 Å². The Morgan fingerprint density at radius 3 is 2.33 bits per heavy atom. The van der Waals surface area contributed by atoms with Gasteiger partial charge in [0.2, 0.25) is 0 Å². The second kappa shape index (κ2) is 9.71. The summed E-state index contributed by atoms with van der Waals surface area (Å²) in [7, 11) is 0. The quantitative estimate of drug-likeness (QED) is 0.451. The van der Waals surface area contributed by atoms with Gasteiger partial charge in [-0.25, -0.2) is 4.39 Å². The van der Waals surface area contributed by atoms with Crippen molar-refractivity contribution in [2.75, 3.05) is 0 Å². The second-order valence-corrected chi connectivity index (χ2v) is 4.65. The molecule has 98 valence electrons. The summed E-state index contributed by atoms with van der Waals surface area (Å²) in [5.74, 6) is 5.74. The average molecular weight is 246 g/mol. The number of halogens is 1. The molecule has 1 aromatic rings.